The Bertz CT molecular complexity index is 463. The molecule has 0 saturated heterocycles. The van der Waals surface area contributed by atoms with Crippen LogP contribution in [0, 0.1) is 5.92 Å². The van der Waals surface area contributed by atoms with Crippen molar-refractivity contribution in [1.29, 1.82) is 0 Å². The number of nitrogens with one attached hydrogen (secondary N) is 2. The Balaban J connectivity index is 2.73. The summed E-state index contributed by atoms with van der Waals surface area (Å²) in [4.78, 5) is 23.0. The van der Waals surface area contributed by atoms with Crippen LogP contribution in [0.5, 0.6) is 0 Å². The second kappa shape index (κ2) is 6.99. The largest absolute Gasteiger partial charge is 0.352 e. The van der Waals surface area contributed by atoms with E-state index >= 15 is 0 Å². The van der Waals surface area contributed by atoms with E-state index in [0.717, 1.165) is 0 Å². The number of primary amides is 1. The van der Waals surface area contributed by atoms with Gasteiger partial charge in [-0.15, -0.1) is 0 Å². The first kappa shape index (κ1) is 15.3. The number of hydrogen-bond donors (Lipinski definition) is 3. The summed E-state index contributed by atoms with van der Waals surface area (Å²) in [5, 5.41) is 5.67. The van der Waals surface area contributed by atoms with Crippen LogP contribution >= 0.6 is 11.6 Å². The van der Waals surface area contributed by atoms with Crippen molar-refractivity contribution in [1.82, 2.24) is 5.32 Å². The molecular formula is C13H18ClN3O2. The summed E-state index contributed by atoms with van der Waals surface area (Å²) in [5.74, 6) is -0.0586. The molecule has 0 bridgehead atoms. The lowest BCUT2D eigenvalue weighted by Crippen LogP contribution is -2.46. The fourth-order valence-corrected chi connectivity index (χ4v) is 1.86. The van der Waals surface area contributed by atoms with Crippen LogP contribution < -0.4 is 16.4 Å². The van der Waals surface area contributed by atoms with Gasteiger partial charge in [0.05, 0.1) is 0 Å². The number of rotatable bonds is 5. The van der Waals surface area contributed by atoms with E-state index in [4.69, 9.17) is 17.3 Å². The third-order valence-electron chi connectivity index (χ3n) is 2.43. The summed E-state index contributed by atoms with van der Waals surface area (Å²) >= 11 is 5.84. The van der Waals surface area contributed by atoms with Crippen LogP contribution in [0.2, 0.25) is 5.02 Å². The summed E-state index contributed by atoms with van der Waals surface area (Å²) in [6, 6.07) is 5.43. The van der Waals surface area contributed by atoms with Crippen LogP contribution in [0.15, 0.2) is 24.3 Å². The van der Waals surface area contributed by atoms with Gasteiger partial charge in [-0.3, -0.25) is 4.79 Å². The van der Waals surface area contributed by atoms with Gasteiger partial charge in [-0.25, -0.2) is 4.79 Å². The fraction of sp³-hybridized carbons (Fsp3) is 0.385. The van der Waals surface area contributed by atoms with Gasteiger partial charge in [0.1, 0.15) is 6.04 Å². The predicted octanol–water partition coefficient (Wildman–Crippen LogP) is 2.36. The first-order valence-corrected chi connectivity index (χ1v) is 6.38. The quantitative estimate of drug-likeness (QED) is 0.775. The van der Waals surface area contributed by atoms with Gasteiger partial charge >= 0.3 is 6.03 Å². The SMILES string of the molecule is CC(C)C[C@H](NC(N)=O)C(=O)Nc1cccc(Cl)c1. The highest BCUT2D eigenvalue weighted by atomic mass is 35.5. The topological polar surface area (TPSA) is 84.2 Å². The van der Waals surface area contributed by atoms with E-state index in [1.54, 1.807) is 24.3 Å². The highest BCUT2D eigenvalue weighted by Gasteiger charge is 2.21. The molecule has 0 spiro atoms. The van der Waals surface area contributed by atoms with Crippen LogP contribution in [0.4, 0.5) is 10.5 Å². The number of urea groups is 1. The normalized spacial score (nSPS) is 12.0. The van der Waals surface area contributed by atoms with E-state index in [2.05, 4.69) is 10.6 Å². The maximum absolute atomic E-state index is 12.1. The molecule has 0 saturated carbocycles. The molecule has 0 aromatic heterocycles. The van der Waals surface area contributed by atoms with E-state index < -0.39 is 12.1 Å². The van der Waals surface area contributed by atoms with Gasteiger partial charge in [-0.2, -0.15) is 0 Å². The van der Waals surface area contributed by atoms with E-state index in [0.29, 0.717) is 17.1 Å². The van der Waals surface area contributed by atoms with Crippen LogP contribution in [0.3, 0.4) is 0 Å². The minimum Gasteiger partial charge on any atom is -0.352 e. The molecule has 0 unspecified atom stereocenters. The van der Waals surface area contributed by atoms with Gasteiger partial charge in [0.2, 0.25) is 5.91 Å². The summed E-state index contributed by atoms with van der Waals surface area (Å²) < 4.78 is 0. The number of halogens is 1. The Morgan fingerprint density at radius 1 is 1.37 bits per heavy atom. The zero-order valence-electron chi connectivity index (χ0n) is 10.9. The molecular weight excluding hydrogens is 266 g/mol. The Labute approximate surface area is 117 Å². The lowest BCUT2D eigenvalue weighted by molar-refractivity contribution is -0.118. The molecule has 0 aliphatic heterocycles. The van der Waals surface area contributed by atoms with Gasteiger partial charge in [0.15, 0.2) is 0 Å². The number of anilines is 1. The number of hydrogen-bond acceptors (Lipinski definition) is 2. The van der Waals surface area contributed by atoms with E-state index in [-0.39, 0.29) is 11.8 Å². The monoisotopic (exact) mass is 283 g/mol. The number of carbonyl (C=O) groups excluding carboxylic acids is 2. The fourth-order valence-electron chi connectivity index (χ4n) is 1.67. The zero-order valence-corrected chi connectivity index (χ0v) is 11.7. The molecule has 0 fully saturated rings. The molecule has 4 N–H and O–H groups in total. The van der Waals surface area contributed by atoms with Crippen molar-refractivity contribution in [2.24, 2.45) is 11.7 Å². The third kappa shape index (κ3) is 5.61. The number of benzene rings is 1. The summed E-state index contributed by atoms with van der Waals surface area (Å²) in [7, 11) is 0. The molecule has 5 nitrogen and oxygen atoms in total. The third-order valence-corrected chi connectivity index (χ3v) is 2.67. The summed E-state index contributed by atoms with van der Waals surface area (Å²) in [6.07, 6.45) is 0.509. The van der Waals surface area contributed by atoms with Crippen LogP contribution in [-0.2, 0) is 4.79 Å². The van der Waals surface area contributed by atoms with Crippen molar-refractivity contribution < 1.29 is 9.59 Å². The lowest BCUT2D eigenvalue weighted by atomic mass is 10.0. The molecule has 0 aliphatic carbocycles. The van der Waals surface area contributed by atoms with Crippen LogP contribution in [0.25, 0.3) is 0 Å². The average molecular weight is 284 g/mol. The molecule has 1 atom stereocenters. The van der Waals surface area contributed by atoms with Crippen LogP contribution in [0.1, 0.15) is 20.3 Å². The van der Waals surface area contributed by atoms with Gasteiger partial charge in [-0.1, -0.05) is 31.5 Å². The van der Waals surface area contributed by atoms with Crippen molar-refractivity contribution in [2.45, 2.75) is 26.3 Å². The van der Waals surface area contributed by atoms with Crippen molar-refractivity contribution >= 4 is 29.2 Å². The second-order valence-electron chi connectivity index (χ2n) is 4.69. The maximum Gasteiger partial charge on any atom is 0.312 e. The lowest BCUT2D eigenvalue weighted by Gasteiger charge is -2.19. The molecule has 6 heteroatoms. The van der Waals surface area contributed by atoms with Crippen molar-refractivity contribution in [3.05, 3.63) is 29.3 Å². The molecule has 19 heavy (non-hydrogen) atoms. The van der Waals surface area contributed by atoms with Gasteiger partial charge in [0.25, 0.3) is 0 Å². The van der Waals surface area contributed by atoms with Crippen molar-refractivity contribution in [3.63, 3.8) is 0 Å². The summed E-state index contributed by atoms with van der Waals surface area (Å²) in [5.41, 5.74) is 5.65. The number of amides is 3. The number of carbonyl (C=O) groups is 2. The molecule has 0 radical (unpaired) electrons. The molecule has 0 heterocycles. The highest BCUT2D eigenvalue weighted by molar-refractivity contribution is 6.30. The van der Waals surface area contributed by atoms with Gasteiger partial charge in [-0.05, 0) is 30.5 Å². The van der Waals surface area contributed by atoms with Crippen molar-refractivity contribution in [2.75, 3.05) is 5.32 Å². The minimum atomic E-state index is -0.716. The maximum atomic E-state index is 12.1. The molecule has 0 aliphatic rings. The Kier molecular flexibility index (Phi) is 5.63. The van der Waals surface area contributed by atoms with Gasteiger partial charge < -0.3 is 16.4 Å². The first-order valence-electron chi connectivity index (χ1n) is 6.01. The summed E-state index contributed by atoms with van der Waals surface area (Å²) in [6.45, 7) is 3.92. The smallest absolute Gasteiger partial charge is 0.312 e. The molecule has 1 rings (SSSR count). The van der Waals surface area contributed by atoms with Gasteiger partial charge in [0, 0.05) is 10.7 Å². The Hall–Kier alpha value is -1.75. The molecule has 1 aromatic carbocycles. The molecule has 3 amide bonds. The predicted molar refractivity (Wildman–Crippen MR) is 76.0 cm³/mol. The minimum absolute atomic E-state index is 0.252. The van der Waals surface area contributed by atoms with E-state index in [1.807, 2.05) is 13.8 Å². The zero-order chi connectivity index (χ0) is 14.4. The van der Waals surface area contributed by atoms with E-state index in [9.17, 15) is 9.59 Å². The Morgan fingerprint density at radius 3 is 2.58 bits per heavy atom. The Morgan fingerprint density at radius 2 is 2.05 bits per heavy atom. The highest BCUT2D eigenvalue weighted by Crippen LogP contribution is 2.16. The number of nitrogens with two attached hydrogens (primary N) is 1. The standard InChI is InChI=1S/C13H18ClN3O2/c1-8(2)6-11(17-13(15)19)12(18)16-10-5-3-4-9(14)7-10/h3-5,7-8,11H,6H2,1-2H3,(H,16,18)(H3,15,17,19)/t11-/m0/s1. The first-order chi connectivity index (χ1) is 8.88. The second-order valence-corrected chi connectivity index (χ2v) is 5.13. The van der Waals surface area contributed by atoms with Crippen LogP contribution in [-0.4, -0.2) is 18.0 Å². The molecule has 104 valence electrons. The van der Waals surface area contributed by atoms with E-state index in [1.165, 1.54) is 0 Å². The van der Waals surface area contributed by atoms with Crippen molar-refractivity contribution in [3.8, 4) is 0 Å². The molecule has 1 aromatic rings. The average Bonchev–Trinajstić information content (AvgIpc) is 2.26.